The van der Waals surface area contributed by atoms with Gasteiger partial charge in [-0.15, -0.1) is 0 Å². The van der Waals surface area contributed by atoms with Crippen molar-refractivity contribution < 1.29 is 13.2 Å². The molecule has 0 bridgehead atoms. The molecule has 0 aliphatic carbocycles. The lowest BCUT2D eigenvalue weighted by Crippen LogP contribution is -2.26. The molecule has 17 heavy (non-hydrogen) atoms. The molecule has 0 saturated carbocycles. The summed E-state index contributed by atoms with van der Waals surface area (Å²) in [7, 11) is -3.52. The van der Waals surface area contributed by atoms with E-state index in [2.05, 4.69) is 16.9 Å². The molecule has 94 valence electrons. The summed E-state index contributed by atoms with van der Waals surface area (Å²) in [5, 5.41) is 0. The van der Waals surface area contributed by atoms with Gasteiger partial charge < -0.3 is 10.5 Å². The maximum Gasteiger partial charge on any atom is 0.239 e. The summed E-state index contributed by atoms with van der Waals surface area (Å²) in [5.41, 5.74) is 5.64. The molecule has 0 aliphatic heterocycles. The highest BCUT2D eigenvalue weighted by molar-refractivity contribution is 7.95. The molecule has 0 aromatic heterocycles. The Morgan fingerprint density at radius 2 is 2.00 bits per heavy atom. The molecule has 0 saturated heterocycles. The molecule has 0 heterocycles. The van der Waals surface area contributed by atoms with Gasteiger partial charge in [-0.05, 0) is 31.2 Å². The number of thiocarbonyl (C=S) groups is 1. The Morgan fingerprint density at radius 3 is 2.47 bits per heavy atom. The van der Waals surface area contributed by atoms with Crippen LogP contribution in [-0.2, 0) is 10.0 Å². The molecule has 1 aromatic carbocycles. The van der Waals surface area contributed by atoms with Gasteiger partial charge in [0.1, 0.15) is 11.5 Å². The second-order valence-electron chi connectivity index (χ2n) is 3.28. The molecule has 0 radical (unpaired) electrons. The predicted molar refractivity (Wildman–Crippen MR) is 71.8 cm³/mol. The maximum absolute atomic E-state index is 11.5. The van der Waals surface area contributed by atoms with Gasteiger partial charge in [-0.1, -0.05) is 12.2 Å². The summed E-state index contributed by atoms with van der Waals surface area (Å²) in [4.78, 5) is -0.0663. The molecule has 0 aliphatic rings. The van der Waals surface area contributed by atoms with Crippen molar-refractivity contribution in [2.45, 2.75) is 6.92 Å². The number of rotatable bonds is 6. The summed E-state index contributed by atoms with van der Waals surface area (Å²) < 4.78 is 30.6. The molecular weight excluding hydrogens is 260 g/mol. The van der Waals surface area contributed by atoms with Crippen LogP contribution in [0.5, 0.6) is 5.75 Å². The lowest BCUT2D eigenvalue weighted by atomic mass is 10.3. The lowest BCUT2D eigenvalue weighted by molar-refractivity contribution is 0.340. The van der Waals surface area contributed by atoms with E-state index in [4.69, 9.17) is 10.5 Å². The third-order valence-corrected chi connectivity index (χ3v) is 3.34. The van der Waals surface area contributed by atoms with E-state index >= 15 is 0 Å². The van der Waals surface area contributed by atoms with Crippen LogP contribution in [0.1, 0.15) is 6.92 Å². The van der Waals surface area contributed by atoms with E-state index in [9.17, 15) is 8.42 Å². The largest absolute Gasteiger partial charge is 0.494 e. The molecule has 1 rings (SSSR count). The van der Waals surface area contributed by atoms with Crippen molar-refractivity contribution in [3.8, 4) is 5.75 Å². The van der Waals surface area contributed by atoms with Crippen LogP contribution < -0.4 is 15.2 Å². The van der Waals surface area contributed by atoms with Crippen molar-refractivity contribution in [1.29, 1.82) is 0 Å². The zero-order valence-electron chi connectivity index (χ0n) is 9.34. The average molecular weight is 274 g/mol. The molecule has 0 amide bonds. The van der Waals surface area contributed by atoms with Crippen molar-refractivity contribution in [2.75, 3.05) is 17.1 Å². The van der Waals surface area contributed by atoms with Crippen LogP contribution in [0.15, 0.2) is 24.3 Å². The normalized spacial score (nSPS) is 10.9. The SMILES string of the molecule is CCOc1ccc(NS(=O)(=O)CC(N)=S)cc1. The highest BCUT2D eigenvalue weighted by Crippen LogP contribution is 2.16. The Hall–Kier alpha value is -1.34. The van der Waals surface area contributed by atoms with Crippen molar-refractivity contribution >= 4 is 32.9 Å². The Morgan fingerprint density at radius 1 is 1.41 bits per heavy atom. The van der Waals surface area contributed by atoms with E-state index in [1.807, 2.05) is 6.92 Å². The van der Waals surface area contributed by atoms with Crippen LogP contribution in [0.3, 0.4) is 0 Å². The minimum Gasteiger partial charge on any atom is -0.494 e. The van der Waals surface area contributed by atoms with Gasteiger partial charge >= 0.3 is 0 Å². The van der Waals surface area contributed by atoms with Crippen molar-refractivity contribution in [1.82, 2.24) is 0 Å². The number of sulfonamides is 1. The second-order valence-corrected chi connectivity index (χ2v) is 5.53. The number of nitrogens with one attached hydrogen (secondary N) is 1. The Bertz CT molecular complexity index is 483. The quantitative estimate of drug-likeness (QED) is 0.760. The minimum absolute atomic E-state index is 0.0663. The topological polar surface area (TPSA) is 81.4 Å². The van der Waals surface area contributed by atoms with Gasteiger partial charge in [-0.3, -0.25) is 4.72 Å². The monoisotopic (exact) mass is 274 g/mol. The minimum atomic E-state index is -3.52. The first-order valence-corrected chi connectivity index (χ1v) is 7.00. The molecule has 0 atom stereocenters. The third-order valence-electron chi connectivity index (χ3n) is 1.77. The third kappa shape index (κ3) is 5.01. The smallest absolute Gasteiger partial charge is 0.239 e. The maximum atomic E-state index is 11.5. The highest BCUT2D eigenvalue weighted by atomic mass is 32.2. The summed E-state index contributed by atoms with van der Waals surface area (Å²) in [6.45, 7) is 2.44. The van der Waals surface area contributed by atoms with Crippen molar-refractivity contribution in [3.63, 3.8) is 0 Å². The first kappa shape index (κ1) is 13.7. The second kappa shape index (κ2) is 5.83. The number of benzene rings is 1. The first-order chi connectivity index (χ1) is 7.93. The standard InChI is InChI=1S/C10H14N2O3S2/c1-2-15-9-5-3-8(4-6-9)12-17(13,14)7-10(11)16/h3-6,12H,2,7H2,1H3,(H2,11,16). The van der Waals surface area contributed by atoms with Gasteiger partial charge in [0, 0.05) is 5.69 Å². The zero-order chi connectivity index (χ0) is 12.9. The van der Waals surface area contributed by atoms with E-state index in [-0.39, 0.29) is 10.7 Å². The van der Waals surface area contributed by atoms with Gasteiger partial charge in [0.15, 0.2) is 0 Å². The number of anilines is 1. The number of nitrogens with two attached hydrogens (primary N) is 1. The zero-order valence-corrected chi connectivity index (χ0v) is 11.0. The Kier molecular flexibility index (Phi) is 4.71. The van der Waals surface area contributed by atoms with Crippen molar-refractivity contribution in [3.05, 3.63) is 24.3 Å². The van der Waals surface area contributed by atoms with Gasteiger partial charge in [0.2, 0.25) is 10.0 Å². The van der Waals surface area contributed by atoms with Gasteiger partial charge in [-0.25, -0.2) is 8.42 Å². The van der Waals surface area contributed by atoms with Crippen LogP contribution in [0, 0.1) is 0 Å². The first-order valence-electron chi connectivity index (χ1n) is 4.94. The van der Waals surface area contributed by atoms with Crippen LogP contribution in [0.4, 0.5) is 5.69 Å². The Balaban J connectivity index is 2.72. The van der Waals surface area contributed by atoms with Crippen LogP contribution >= 0.6 is 12.2 Å². The number of hydrogen-bond donors (Lipinski definition) is 2. The molecule has 5 nitrogen and oxygen atoms in total. The fourth-order valence-corrected chi connectivity index (χ4v) is 2.60. The van der Waals surface area contributed by atoms with Gasteiger partial charge in [0.05, 0.1) is 11.6 Å². The molecule has 0 fully saturated rings. The molecule has 1 aromatic rings. The van der Waals surface area contributed by atoms with E-state index in [0.29, 0.717) is 18.0 Å². The van der Waals surface area contributed by atoms with Gasteiger partial charge in [-0.2, -0.15) is 0 Å². The van der Waals surface area contributed by atoms with Crippen LogP contribution in [-0.4, -0.2) is 25.8 Å². The van der Waals surface area contributed by atoms with E-state index in [1.54, 1.807) is 24.3 Å². The predicted octanol–water partition coefficient (Wildman–Crippen LogP) is 1.11. The molecule has 7 heteroatoms. The fourth-order valence-electron chi connectivity index (χ4n) is 1.19. The molecule has 0 spiro atoms. The molecular formula is C10H14N2O3S2. The molecule has 3 N–H and O–H groups in total. The van der Waals surface area contributed by atoms with E-state index in [1.165, 1.54) is 0 Å². The van der Waals surface area contributed by atoms with Gasteiger partial charge in [0.25, 0.3) is 0 Å². The highest BCUT2D eigenvalue weighted by Gasteiger charge is 2.11. The average Bonchev–Trinajstić information content (AvgIpc) is 2.18. The van der Waals surface area contributed by atoms with E-state index < -0.39 is 10.0 Å². The Labute approximate surface area is 106 Å². The lowest BCUT2D eigenvalue weighted by Gasteiger charge is -2.08. The summed E-state index contributed by atoms with van der Waals surface area (Å²) in [6, 6.07) is 6.59. The van der Waals surface area contributed by atoms with Crippen LogP contribution in [0.2, 0.25) is 0 Å². The molecule has 0 unspecified atom stereocenters. The van der Waals surface area contributed by atoms with E-state index in [0.717, 1.165) is 0 Å². The number of hydrogen-bond acceptors (Lipinski definition) is 4. The fraction of sp³-hybridized carbons (Fsp3) is 0.300. The summed E-state index contributed by atoms with van der Waals surface area (Å²) in [6.07, 6.45) is 0. The summed E-state index contributed by atoms with van der Waals surface area (Å²) >= 11 is 4.55. The van der Waals surface area contributed by atoms with Crippen LogP contribution in [0.25, 0.3) is 0 Å². The number of ether oxygens (including phenoxy) is 1. The summed E-state index contributed by atoms with van der Waals surface area (Å²) in [5.74, 6) is 0.319. The van der Waals surface area contributed by atoms with Crippen molar-refractivity contribution in [2.24, 2.45) is 5.73 Å².